The number of hydrogen-bond donors (Lipinski definition) is 1. The molecule has 1 N–H and O–H groups in total. The Labute approximate surface area is 110 Å². The lowest BCUT2D eigenvalue weighted by Gasteiger charge is -2.40. The normalized spacial score (nSPS) is 29.2. The van der Waals surface area contributed by atoms with Crippen LogP contribution in [0, 0.1) is 11.8 Å². The van der Waals surface area contributed by atoms with Crippen molar-refractivity contribution >= 4 is 5.82 Å². The van der Waals surface area contributed by atoms with Crippen LogP contribution < -0.4 is 5.32 Å². The van der Waals surface area contributed by atoms with E-state index in [0.29, 0.717) is 6.04 Å². The van der Waals surface area contributed by atoms with E-state index in [1.54, 1.807) is 6.20 Å². The zero-order valence-electron chi connectivity index (χ0n) is 11.8. The summed E-state index contributed by atoms with van der Waals surface area (Å²) in [6.45, 7) is 9.09. The quantitative estimate of drug-likeness (QED) is 0.891. The number of rotatable bonds is 3. The van der Waals surface area contributed by atoms with Gasteiger partial charge in [-0.25, -0.2) is 4.98 Å². The van der Waals surface area contributed by atoms with Crippen LogP contribution in [-0.2, 0) is 6.54 Å². The van der Waals surface area contributed by atoms with E-state index >= 15 is 0 Å². The molecule has 4 heteroatoms. The van der Waals surface area contributed by atoms with Crippen molar-refractivity contribution in [1.29, 1.82) is 0 Å². The molecule has 3 unspecified atom stereocenters. The number of nitrogens with zero attached hydrogens (tertiary/aromatic N) is 3. The predicted octanol–water partition coefficient (Wildman–Crippen LogP) is 2.38. The van der Waals surface area contributed by atoms with E-state index < -0.39 is 0 Å². The molecule has 2 rings (SSSR count). The lowest BCUT2D eigenvalue weighted by Crippen LogP contribution is -2.45. The Kier molecular flexibility index (Phi) is 4.17. The van der Waals surface area contributed by atoms with Crippen LogP contribution in [0.15, 0.2) is 12.4 Å². The molecular formula is C14H24N4. The van der Waals surface area contributed by atoms with Crippen LogP contribution in [0.25, 0.3) is 0 Å². The zero-order valence-corrected chi connectivity index (χ0v) is 11.8. The number of anilines is 1. The fourth-order valence-electron chi connectivity index (χ4n) is 2.81. The summed E-state index contributed by atoms with van der Waals surface area (Å²) in [7, 11) is 1.86. The molecule has 0 spiro atoms. The predicted molar refractivity (Wildman–Crippen MR) is 74.4 cm³/mol. The Morgan fingerprint density at radius 3 is 2.67 bits per heavy atom. The molecule has 100 valence electrons. The number of piperidine rings is 1. The van der Waals surface area contributed by atoms with Gasteiger partial charge in [-0.2, -0.15) is 0 Å². The maximum absolute atomic E-state index is 4.46. The molecule has 1 aliphatic rings. The lowest BCUT2D eigenvalue weighted by atomic mass is 9.86. The highest BCUT2D eigenvalue weighted by Crippen LogP contribution is 2.27. The van der Waals surface area contributed by atoms with Crippen molar-refractivity contribution in [3.8, 4) is 0 Å². The molecule has 18 heavy (non-hydrogen) atoms. The fourth-order valence-corrected chi connectivity index (χ4v) is 2.81. The summed E-state index contributed by atoms with van der Waals surface area (Å²) < 4.78 is 0. The largest absolute Gasteiger partial charge is 0.372 e. The first-order valence-electron chi connectivity index (χ1n) is 6.83. The molecule has 3 atom stereocenters. The van der Waals surface area contributed by atoms with Gasteiger partial charge in [0.2, 0.25) is 0 Å². The molecule has 2 heterocycles. The van der Waals surface area contributed by atoms with E-state index in [1.165, 1.54) is 13.0 Å². The number of aromatic nitrogens is 2. The smallest absolute Gasteiger partial charge is 0.144 e. The molecular weight excluding hydrogens is 224 g/mol. The standard InChI is InChI=1S/C14H24N4/c1-10-5-11(2)12(3)18(8-10)9-13-6-17-14(15-4)7-16-13/h6-7,10-12H,5,8-9H2,1-4H3,(H,15,17). The molecule has 1 aromatic rings. The minimum absolute atomic E-state index is 0.631. The average Bonchev–Trinajstić information content (AvgIpc) is 2.36. The van der Waals surface area contributed by atoms with Crippen LogP contribution in [0.5, 0.6) is 0 Å². The van der Waals surface area contributed by atoms with Gasteiger partial charge in [-0.05, 0) is 25.2 Å². The summed E-state index contributed by atoms with van der Waals surface area (Å²) in [5, 5.41) is 2.99. The molecule has 4 nitrogen and oxygen atoms in total. The van der Waals surface area contributed by atoms with Gasteiger partial charge in [0.1, 0.15) is 5.82 Å². The summed E-state index contributed by atoms with van der Waals surface area (Å²) >= 11 is 0. The molecule has 0 bridgehead atoms. The molecule has 0 radical (unpaired) electrons. The van der Waals surface area contributed by atoms with Crippen LogP contribution in [-0.4, -0.2) is 34.5 Å². The van der Waals surface area contributed by atoms with Gasteiger partial charge in [0, 0.05) is 26.2 Å². The third-order valence-corrected chi connectivity index (χ3v) is 4.05. The molecule has 0 saturated carbocycles. The van der Waals surface area contributed by atoms with E-state index in [9.17, 15) is 0 Å². The van der Waals surface area contributed by atoms with Crippen molar-refractivity contribution in [3.05, 3.63) is 18.1 Å². The van der Waals surface area contributed by atoms with Crippen molar-refractivity contribution in [1.82, 2.24) is 14.9 Å². The van der Waals surface area contributed by atoms with E-state index in [0.717, 1.165) is 29.9 Å². The van der Waals surface area contributed by atoms with Gasteiger partial charge >= 0.3 is 0 Å². The van der Waals surface area contributed by atoms with Crippen molar-refractivity contribution in [3.63, 3.8) is 0 Å². The van der Waals surface area contributed by atoms with Crippen LogP contribution in [0.1, 0.15) is 32.9 Å². The fraction of sp³-hybridized carbons (Fsp3) is 0.714. The topological polar surface area (TPSA) is 41.1 Å². The zero-order chi connectivity index (χ0) is 13.1. The van der Waals surface area contributed by atoms with E-state index in [2.05, 4.69) is 41.0 Å². The molecule has 0 aliphatic carbocycles. The Bertz CT molecular complexity index is 376. The second-order valence-corrected chi connectivity index (χ2v) is 5.63. The van der Waals surface area contributed by atoms with E-state index in [4.69, 9.17) is 0 Å². The number of hydrogen-bond acceptors (Lipinski definition) is 4. The molecule has 1 saturated heterocycles. The van der Waals surface area contributed by atoms with Crippen molar-refractivity contribution in [2.45, 2.75) is 39.8 Å². The maximum atomic E-state index is 4.46. The van der Waals surface area contributed by atoms with Gasteiger partial charge in [-0.15, -0.1) is 0 Å². The van der Waals surface area contributed by atoms with Gasteiger partial charge in [0.25, 0.3) is 0 Å². The molecule has 0 aromatic carbocycles. The molecule has 1 aliphatic heterocycles. The molecule has 0 amide bonds. The first kappa shape index (κ1) is 13.3. The van der Waals surface area contributed by atoms with E-state index in [1.807, 2.05) is 13.2 Å². The third kappa shape index (κ3) is 2.99. The second-order valence-electron chi connectivity index (χ2n) is 5.63. The monoisotopic (exact) mass is 248 g/mol. The highest BCUT2D eigenvalue weighted by molar-refractivity contribution is 5.29. The molecule has 1 aromatic heterocycles. The van der Waals surface area contributed by atoms with Gasteiger partial charge in [0.05, 0.1) is 18.1 Å². The Morgan fingerprint density at radius 1 is 1.28 bits per heavy atom. The lowest BCUT2D eigenvalue weighted by molar-refractivity contribution is 0.0717. The highest BCUT2D eigenvalue weighted by Gasteiger charge is 2.28. The van der Waals surface area contributed by atoms with E-state index in [-0.39, 0.29) is 0 Å². The Morgan fingerprint density at radius 2 is 2.06 bits per heavy atom. The summed E-state index contributed by atoms with van der Waals surface area (Å²) in [4.78, 5) is 11.3. The van der Waals surface area contributed by atoms with Gasteiger partial charge < -0.3 is 5.32 Å². The average molecular weight is 248 g/mol. The van der Waals surface area contributed by atoms with Gasteiger partial charge in [0.15, 0.2) is 0 Å². The van der Waals surface area contributed by atoms with Crippen LogP contribution >= 0.6 is 0 Å². The first-order chi connectivity index (χ1) is 8.60. The van der Waals surface area contributed by atoms with Crippen molar-refractivity contribution in [2.24, 2.45) is 11.8 Å². The van der Waals surface area contributed by atoms with Crippen molar-refractivity contribution < 1.29 is 0 Å². The van der Waals surface area contributed by atoms with Gasteiger partial charge in [-0.1, -0.05) is 13.8 Å². The van der Waals surface area contributed by atoms with Crippen LogP contribution in [0.4, 0.5) is 5.82 Å². The van der Waals surface area contributed by atoms with Gasteiger partial charge in [-0.3, -0.25) is 9.88 Å². The summed E-state index contributed by atoms with van der Waals surface area (Å²) in [6.07, 6.45) is 5.02. The SMILES string of the molecule is CNc1cnc(CN2CC(C)CC(C)C2C)cn1. The third-order valence-electron chi connectivity index (χ3n) is 4.05. The minimum atomic E-state index is 0.631. The first-order valence-corrected chi connectivity index (χ1v) is 6.83. The number of nitrogens with one attached hydrogen (secondary N) is 1. The minimum Gasteiger partial charge on any atom is -0.372 e. The summed E-state index contributed by atoms with van der Waals surface area (Å²) in [6, 6.07) is 0.631. The Balaban J connectivity index is 2.02. The highest BCUT2D eigenvalue weighted by atomic mass is 15.2. The van der Waals surface area contributed by atoms with Crippen LogP contribution in [0.2, 0.25) is 0 Å². The summed E-state index contributed by atoms with van der Waals surface area (Å²) in [5.41, 5.74) is 1.06. The summed E-state index contributed by atoms with van der Waals surface area (Å²) in [5.74, 6) is 2.37. The molecule has 1 fully saturated rings. The Hall–Kier alpha value is -1.16. The maximum Gasteiger partial charge on any atom is 0.144 e. The number of likely N-dealkylation sites (tertiary alicyclic amines) is 1. The second kappa shape index (κ2) is 5.65. The van der Waals surface area contributed by atoms with Crippen LogP contribution in [0.3, 0.4) is 0 Å². The van der Waals surface area contributed by atoms with Crippen molar-refractivity contribution in [2.75, 3.05) is 18.9 Å².